The predicted molar refractivity (Wildman–Crippen MR) is 133 cm³/mol. The quantitative estimate of drug-likeness (QED) is 0.233. The average Bonchev–Trinajstić information content (AvgIpc) is 3.30. The molecule has 0 radical (unpaired) electrons. The summed E-state index contributed by atoms with van der Waals surface area (Å²) in [5.41, 5.74) is 3.96. The predicted octanol–water partition coefficient (Wildman–Crippen LogP) is 6.75. The Hall–Kier alpha value is -2.45. The van der Waals surface area contributed by atoms with E-state index in [9.17, 15) is 0 Å². The lowest BCUT2D eigenvalue weighted by Crippen LogP contribution is -2.40. The van der Waals surface area contributed by atoms with Gasteiger partial charge in [0.2, 0.25) is 11.7 Å². The lowest BCUT2D eigenvalue weighted by Gasteiger charge is -2.35. The number of aryl methyl sites for hydroxylation is 3. The van der Waals surface area contributed by atoms with Crippen molar-refractivity contribution in [3.8, 4) is 17.1 Å². The molecule has 0 amide bonds. The first-order chi connectivity index (χ1) is 16.0. The van der Waals surface area contributed by atoms with E-state index >= 15 is 0 Å². The fraction of sp³-hybridized carbons (Fsp3) is 0.577. The topological polar surface area (TPSA) is 83.4 Å². The highest BCUT2D eigenvalue weighted by Crippen LogP contribution is 2.40. The van der Waals surface area contributed by atoms with Crippen LogP contribution in [-0.4, -0.2) is 30.2 Å². The van der Waals surface area contributed by atoms with Gasteiger partial charge in [0, 0.05) is 24.0 Å². The summed E-state index contributed by atoms with van der Waals surface area (Å²) < 4.78 is 23.3. The highest BCUT2D eigenvalue weighted by Gasteiger charge is 2.37. The standard InChI is InChI=1S/C26H37N3O4Si/c1-17-13-20(24-27-25(33-29-24)19-10-11-19)14-18(2)23(17)30-12-8-9-22-15-21(28-32-22)16-31-34(6,7)26(3,4)5/h13-15,19H,8-12,16H2,1-7H3. The van der Waals surface area contributed by atoms with Crippen LogP contribution in [0.5, 0.6) is 5.75 Å². The second kappa shape index (κ2) is 9.66. The Kier molecular flexibility index (Phi) is 7.01. The largest absolute Gasteiger partial charge is 0.493 e. The van der Waals surface area contributed by atoms with Gasteiger partial charge in [0.05, 0.1) is 13.2 Å². The molecule has 2 aromatic heterocycles. The van der Waals surface area contributed by atoms with Gasteiger partial charge in [-0.3, -0.25) is 0 Å². The summed E-state index contributed by atoms with van der Waals surface area (Å²) in [4.78, 5) is 4.56. The maximum atomic E-state index is 6.24. The van der Waals surface area contributed by atoms with Gasteiger partial charge >= 0.3 is 0 Å². The maximum Gasteiger partial charge on any atom is 0.230 e. The smallest absolute Gasteiger partial charge is 0.230 e. The summed E-state index contributed by atoms with van der Waals surface area (Å²) in [6, 6.07) is 6.13. The molecule has 7 nitrogen and oxygen atoms in total. The zero-order valence-electron chi connectivity index (χ0n) is 21.5. The molecule has 4 rings (SSSR count). The lowest BCUT2D eigenvalue weighted by atomic mass is 10.1. The van der Waals surface area contributed by atoms with Crippen LogP contribution in [0.4, 0.5) is 0 Å². The molecule has 184 valence electrons. The third-order valence-electron chi connectivity index (χ3n) is 6.90. The Bertz CT molecular complexity index is 1100. The highest BCUT2D eigenvalue weighted by molar-refractivity contribution is 6.74. The van der Waals surface area contributed by atoms with Gasteiger partial charge in [0.1, 0.15) is 17.2 Å². The van der Waals surface area contributed by atoms with Crippen molar-refractivity contribution >= 4 is 8.32 Å². The molecular formula is C26H37N3O4Si. The van der Waals surface area contributed by atoms with Crippen molar-refractivity contribution in [2.75, 3.05) is 6.61 Å². The minimum absolute atomic E-state index is 0.177. The Labute approximate surface area is 203 Å². The van der Waals surface area contributed by atoms with E-state index in [1.54, 1.807) is 0 Å². The number of hydrogen-bond acceptors (Lipinski definition) is 7. The molecule has 0 N–H and O–H groups in total. The molecule has 34 heavy (non-hydrogen) atoms. The van der Waals surface area contributed by atoms with Gasteiger partial charge in [0.15, 0.2) is 8.32 Å². The van der Waals surface area contributed by atoms with Crippen LogP contribution in [-0.2, 0) is 17.5 Å². The van der Waals surface area contributed by atoms with Gasteiger partial charge in [0.25, 0.3) is 0 Å². The monoisotopic (exact) mass is 483 g/mol. The van der Waals surface area contributed by atoms with Crippen molar-refractivity contribution in [3.63, 3.8) is 0 Å². The second-order valence-corrected chi connectivity index (χ2v) is 15.8. The molecule has 2 heterocycles. The van der Waals surface area contributed by atoms with Crippen LogP contribution in [0, 0.1) is 13.8 Å². The van der Waals surface area contributed by atoms with Crippen molar-refractivity contribution in [3.05, 3.63) is 46.7 Å². The Balaban J connectivity index is 1.27. The van der Waals surface area contributed by atoms with Gasteiger partial charge in [-0.05, 0) is 74.5 Å². The van der Waals surface area contributed by atoms with Crippen molar-refractivity contribution in [2.24, 2.45) is 0 Å². The number of nitrogens with zero attached hydrogens (tertiary/aromatic N) is 3. The molecule has 1 aromatic carbocycles. The van der Waals surface area contributed by atoms with E-state index in [1.165, 1.54) is 0 Å². The normalized spacial score (nSPS) is 14.6. The average molecular weight is 484 g/mol. The fourth-order valence-electron chi connectivity index (χ4n) is 3.59. The SMILES string of the molecule is Cc1cc(-c2noc(C3CC3)n2)cc(C)c1OCCCc1cc(CO[Si](C)(C)C(C)(C)C)no1. The Morgan fingerprint density at radius 3 is 2.38 bits per heavy atom. The minimum atomic E-state index is -1.80. The van der Waals surface area contributed by atoms with Crippen molar-refractivity contribution < 1.29 is 18.2 Å². The van der Waals surface area contributed by atoms with Crippen LogP contribution in [0.15, 0.2) is 27.2 Å². The van der Waals surface area contributed by atoms with Crippen LogP contribution in [0.1, 0.15) is 74.4 Å². The zero-order chi connectivity index (χ0) is 24.5. The van der Waals surface area contributed by atoms with Crippen LogP contribution < -0.4 is 4.74 Å². The summed E-state index contributed by atoms with van der Waals surface area (Å²) in [5, 5.41) is 8.52. The Morgan fingerprint density at radius 1 is 1.03 bits per heavy atom. The number of benzene rings is 1. The Morgan fingerprint density at radius 2 is 1.74 bits per heavy atom. The van der Waals surface area contributed by atoms with E-state index in [-0.39, 0.29) is 5.04 Å². The second-order valence-electron chi connectivity index (χ2n) is 11.0. The van der Waals surface area contributed by atoms with Gasteiger partial charge in [-0.2, -0.15) is 4.98 Å². The van der Waals surface area contributed by atoms with E-state index < -0.39 is 8.32 Å². The summed E-state index contributed by atoms with van der Waals surface area (Å²) in [7, 11) is -1.80. The van der Waals surface area contributed by atoms with Crippen molar-refractivity contribution in [1.82, 2.24) is 15.3 Å². The molecule has 1 aliphatic carbocycles. The van der Waals surface area contributed by atoms with Crippen molar-refractivity contribution in [2.45, 2.75) is 91.0 Å². The fourth-order valence-corrected chi connectivity index (χ4v) is 4.53. The van der Waals surface area contributed by atoms with E-state index in [1.807, 2.05) is 6.07 Å². The molecule has 1 saturated carbocycles. The molecule has 0 spiro atoms. The number of ether oxygens (including phenoxy) is 1. The maximum absolute atomic E-state index is 6.24. The van der Waals surface area contributed by atoms with E-state index in [4.69, 9.17) is 18.2 Å². The molecule has 0 bridgehead atoms. The summed E-state index contributed by atoms with van der Waals surface area (Å²) >= 11 is 0. The van der Waals surface area contributed by atoms with E-state index in [2.05, 4.69) is 75.1 Å². The van der Waals surface area contributed by atoms with Gasteiger partial charge < -0.3 is 18.2 Å². The van der Waals surface area contributed by atoms with Gasteiger partial charge in [-0.15, -0.1) is 0 Å². The third-order valence-corrected chi connectivity index (χ3v) is 11.4. The molecule has 3 aromatic rings. The first kappa shape index (κ1) is 24.7. The van der Waals surface area contributed by atoms with Crippen LogP contribution in [0.3, 0.4) is 0 Å². The molecule has 8 heteroatoms. The molecule has 1 aliphatic rings. The van der Waals surface area contributed by atoms with E-state index in [0.29, 0.717) is 25.0 Å². The van der Waals surface area contributed by atoms with Crippen LogP contribution in [0.2, 0.25) is 18.1 Å². The van der Waals surface area contributed by atoms with E-state index in [0.717, 1.165) is 65.5 Å². The number of aromatic nitrogens is 3. The van der Waals surface area contributed by atoms with Crippen LogP contribution in [0.25, 0.3) is 11.4 Å². The zero-order valence-corrected chi connectivity index (χ0v) is 22.5. The van der Waals surface area contributed by atoms with Gasteiger partial charge in [-0.25, -0.2) is 0 Å². The summed E-state index contributed by atoms with van der Waals surface area (Å²) in [6.07, 6.45) is 3.91. The summed E-state index contributed by atoms with van der Waals surface area (Å²) in [5.74, 6) is 3.64. The van der Waals surface area contributed by atoms with Crippen molar-refractivity contribution in [1.29, 1.82) is 0 Å². The minimum Gasteiger partial charge on any atom is -0.493 e. The first-order valence-corrected chi connectivity index (χ1v) is 15.1. The number of hydrogen-bond donors (Lipinski definition) is 0. The third kappa shape index (κ3) is 5.78. The molecule has 0 unspecified atom stereocenters. The molecular weight excluding hydrogens is 446 g/mol. The van der Waals surface area contributed by atoms with Gasteiger partial charge in [-0.1, -0.05) is 31.1 Å². The molecule has 0 atom stereocenters. The first-order valence-electron chi connectivity index (χ1n) is 12.2. The molecule has 0 saturated heterocycles. The summed E-state index contributed by atoms with van der Waals surface area (Å²) in [6.45, 7) is 16.4. The molecule has 1 fully saturated rings. The molecule has 0 aliphatic heterocycles. The highest BCUT2D eigenvalue weighted by atomic mass is 28.4. The van der Waals surface area contributed by atoms with Crippen LogP contribution >= 0.6 is 0 Å². The lowest BCUT2D eigenvalue weighted by molar-refractivity contribution is 0.261. The number of rotatable bonds is 10.